The summed E-state index contributed by atoms with van der Waals surface area (Å²) < 4.78 is 1.03. The molecule has 0 spiro atoms. The van der Waals surface area contributed by atoms with Gasteiger partial charge in [-0.2, -0.15) is 0 Å². The van der Waals surface area contributed by atoms with E-state index in [9.17, 15) is 9.59 Å². The first kappa shape index (κ1) is 18.7. The van der Waals surface area contributed by atoms with Gasteiger partial charge in [-0.05, 0) is 59.3 Å². The van der Waals surface area contributed by atoms with Crippen LogP contribution in [0.2, 0.25) is 0 Å². The number of carbonyl (C=O) groups is 2. The summed E-state index contributed by atoms with van der Waals surface area (Å²) in [5.74, 6) is 0.403. The van der Waals surface area contributed by atoms with E-state index in [0.717, 1.165) is 35.0 Å². The van der Waals surface area contributed by atoms with Crippen molar-refractivity contribution in [3.63, 3.8) is 0 Å². The molecule has 1 aromatic carbocycles. The number of halogens is 1. The van der Waals surface area contributed by atoms with Crippen LogP contribution in [-0.2, 0) is 11.3 Å². The lowest BCUT2D eigenvalue weighted by Gasteiger charge is -2.33. The van der Waals surface area contributed by atoms with Gasteiger partial charge in [0.2, 0.25) is 5.91 Å². The van der Waals surface area contributed by atoms with E-state index in [0.29, 0.717) is 18.0 Å². The van der Waals surface area contributed by atoms with Gasteiger partial charge in [0.05, 0.1) is 6.54 Å². The Kier molecular flexibility index (Phi) is 5.64. The molecule has 6 heteroatoms. The highest BCUT2D eigenvalue weighted by molar-refractivity contribution is 9.10. The van der Waals surface area contributed by atoms with Crippen LogP contribution in [0.5, 0.6) is 0 Å². The van der Waals surface area contributed by atoms with Crippen LogP contribution in [0.1, 0.15) is 47.3 Å². The third-order valence-electron chi connectivity index (χ3n) is 5.70. The number of thiophene rings is 1. The van der Waals surface area contributed by atoms with Crippen LogP contribution in [-0.4, -0.2) is 28.8 Å². The van der Waals surface area contributed by atoms with Crippen molar-refractivity contribution in [1.29, 1.82) is 0 Å². The van der Waals surface area contributed by atoms with Crippen molar-refractivity contribution in [2.24, 2.45) is 5.92 Å². The van der Waals surface area contributed by atoms with Gasteiger partial charge in [-0.3, -0.25) is 9.59 Å². The van der Waals surface area contributed by atoms with Gasteiger partial charge < -0.3 is 10.2 Å². The number of fused-ring (bicyclic) bond motifs is 1. The number of nitrogens with zero attached hydrogens (tertiary/aromatic N) is 1. The van der Waals surface area contributed by atoms with Crippen LogP contribution >= 0.6 is 27.3 Å². The fourth-order valence-electron chi connectivity index (χ4n) is 4.45. The minimum absolute atomic E-state index is 0.0102. The van der Waals surface area contributed by atoms with Crippen molar-refractivity contribution in [1.82, 2.24) is 10.2 Å². The predicted octanol–water partition coefficient (Wildman–Crippen LogP) is 4.60. The van der Waals surface area contributed by atoms with Gasteiger partial charge in [0.1, 0.15) is 6.04 Å². The molecular formula is C21H23BrN2O2S. The predicted molar refractivity (Wildman–Crippen MR) is 111 cm³/mol. The number of hydrogen-bond donors (Lipinski definition) is 1. The van der Waals surface area contributed by atoms with Gasteiger partial charge in [-0.1, -0.05) is 31.0 Å². The molecule has 3 unspecified atom stereocenters. The first-order valence-corrected chi connectivity index (χ1v) is 11.2. The quantitative estimate of drug-likeness (QED) is 0.745. The van der Waals surface area contributed by atoms with Crippen LogP contribution in [0.25, 0.3) is 0 Å². The summed E-state index contributed by atoms with van der Waals surface area (Å²) in [5.41, 5.74) is 0.670. The molecule has 2 aliphatic rings. The fourth-order valence-corrected chi connectivity index (χ4v) is 5.85. The molecule has 0 bridgehead atoms. The Morgan fingerprint density at radius 1 is 1.19 bits per heavy atom. The number of rotatable bonds is 4. The second-order valence-corrected chi connectivity index (χ2v) is 9.30. The van der Waals surface area contributed by atoms with Gasteiger partial charge in [-0.25, -0.2) is 0 Å². The molecule has 2 fully saturated rings. The summed E-state index contributed by atoms with van der Waals surface area (Å²) in [6.07, 6.45) is 5.24. The third kappa shape index (κ3) is 3.97. The van der Waals surface area contributed by atoms with Crippen LogP contribution in [0.4, 0.5) is 0 Å². The maximum atomic E-state index is 13.2. The molecule has 2 aromatic rings. The lowest BCUT2D eigenvalue weighted by Crippen LogP contribution is -2.49. The third-order valence-corrected chi connectivity index (χ3v) is 7.40. The topological polar surface area (TPSA) is 49.4 Å². The SMILES string of the molecule is O=C(NCc1cc(Br)cs1)C1CC2CCCCC2N1C(=O)c1ccccc1. The van der Waals surface area contributed by atoms with Crippen LogP contribution in [0, 0.1) is 5.92 Å². The molecule has 1 aromatic heterocycles. The summed E-state index contributed by atoms with van der Waals surface area (Å²) >= 11 is 5.06. The van der Waals surface area contributed by atoms with E-state index in [-0.39, 0.29) is 23.9 Å². The minimum Gasteiger partial charge on any atom is -0.349 e. The van der Waals surface area contributed by atoms with E-state index >= 15 is 0 Å². The number of amides is 2. The Labute approximate surface area is 172 Å². The van der Waals surface area contributed by atoms with Gasteiger partial charge in [0.25, 0.3) is 5.91 Å². The first-order chi connectivity index (χ1) is 13.1. The van der Waals surface area contributed by atoms with Crippen molar-refractivity contribution in [2.75, 3.05) is 0 Å². The van der Waals surface area contributed by atoms with Gasteiger partial charge in [0, 0.05) is 26.3 Å². The number of carbonyl (C=O) groups excluding carboxylic acids is 2. The Balaban J connectivity index is 1.53. The van der Waals surface area contributed by atoms with Crippen LogP contribution in [0.15, 0.2) is 46.3 Å². The molecule has 1 N–H and O–H groups in total. The van der Waals surface area contributed by atoms with E-state index in [1.807, 2.05) is 46.7 Å². The summed E-state index contributed by atoms with van der Waals surface area (Å²) in [7, 11) is 0. The van der Waals surface area contributed by atoms with E-state index in [4.69, 9.17) is 0 Å². The lowest BCUT2D eigenvalue weighted by molar-refractivity contribution is -0.125. The molecule has 1 aliphatic heterocycles. The molecule has 4 nitrogen and oxygen atoms in total. The van der Waals surface area contributed by atoms with Gasteiger partial charge in [-0.15, -0.1) is 11.3 Å². The average molecular weight is 447 g/mol. The minimum atomic E-state index is -0.366. The molecule has 2 amide bonds. The van der Waals surface area contributed by atoms with E-state index in [1.54, 1.807) is 11.3 Å². The number of benzene rings is 1. The van der Waals surface area contributed by atoms with E-state index in [2.05, 4.69) is 21.2 Å². The molecule has 142 valence electrons. The zero-order valence-corrected chi connectivity index (χ0v) is 17.5. The molecule has 0 radical (unpaired) electrons. The van der Waals surface area contributed by atoms with Gasteiger partial charge >= 0.3 is 0 Å². The Bertz CT molecular complexity index is 823. The Hall–Kier alpha value is -1.66. The summed E-state index contributed by atoms with van der Waals surface area (Å²) in [6.45, 7) is 0.508. The summed E-state index contributed by atoms with van der Waals surface area (Å²) in [4.78, 5) is 29.2. The van der Waals surface area contributed by atoms with E-state index < -0.39 is 0 Å². The van der Waals surface area contributed by atoms with Crippen molar-refractivity contribution in [3.05, 3.63) is 56.7 Å². The zero-order chi connectivity index (χ0) is 18.8. The standard InChI is InChI=1S/C21H23BrN2O2S/c22-16-11-17(27-13-16)12-23-20(25)19-10-15-8-4-5-9-18(15)24(19)21(26)14-6-2-1-3-7-14/h1-3,6-7,11,13,15,18-19H,4-5,8-10,12H2,(H,23,25). The van der Waals surface area contributed by atoms with Crippen molar-refractivity contribution in [3.8, 4) is 0 Å². The summed E-state index contributed by atoms with van der Waals surface area (Å²) in [6, 6.07) is 11.2. The smallest absolute Gasteiger partial charge is 0.254 e. The van der Waals surface area contributed by atoms with Crippen molar-refractivity contribution >= 4 is 39.1 Å². The highest BCUT2D eigenvalue weighted by Crippen LogP contribution is 2.40. The monoisotopic (exact) mass is 446 g/mol. The van der Waals surface area contributed by atoms with Crippen LogP contribution < -0.4 is 5.32 Å². The number of likely N-dealkylation sites (tertiary alicyclic amines) is 1. The highest BCUT2D eigenvalue weighted by atomic mass is 79.9. The molecule has 27 heavy (non-hydrogen) atoms. The Morgan fingerprint density at radius 2 is 1.96 bits per heavy atom. The van der Waals surface area contributed by atoms with E-state index in [1.165, 1.54) is 6.42 Å². The molecule has 1 aliphatic carbocycles. The largest absolute Gasteiger partial charge is 0.349 e. The molecular weight excluding hydrogens is 424 g/mol. The Morgan fingerprint density at radius 3 is 2.70 bits per heavy atom. The molecule has 2 heterocycles. The van der Waals surface area contributed by atoms with Gasteiger partial charge in [0.15, 0.2) is 0 Å². The lowest BCUT2D eigenvalue weighted by atomic mass is 9.84. The van der Waals surface area contributed by atoms with Crippen molar-refractivity contribution < 1.29 is 9.59 Å². The maximum absolute atomic E-state index is 13.2. The first-order valence-electron chi connectivity index (χ1n) is 9.52. The zero-order valence-electron chi connectivity index (χ0n) is 15.1. The molecule has 3 atom stereocenters. The average Bonchev–Trinajstić information content (AvgIpc) is 3.29. The fraction of sp³-hybridized carbons (Fsp3) is 0.429. The molecule has 4 rings (SSSR count). The number of nitrogens with one attached hydrogen (secondary N) is 1. The second-order valence-electron chi connectivity index (χ2n) is 7.39. The van der Waals surface area contributed by atoms with Crippen molar-refractivity contribution in [2.45, 2.75) is 50.7 Å². The second kappa shape index (κ2) is 8.15. The maximum Gasteiger partial charge on any atom is 0.254 e. The van der Waals surface area contributed by atoms with Crippen LogP contribution in [0.3, 0.4) is 0 Å². The molecule has 1 saturated carbocycles. The highest BCUT2D eigenvalue weighted by Gasteiger charge is 2.47. The number of hydrogen-bond acceptors (Lipinski definition) is 3. The normalized spacial score (nSPS) is 24.5. The summed E-state index contributed by atoms with van der Waals surface area (Å²) in [5, 5.41) is 5.07. The molecule has 1 saturated heterocycles.